The summed E-state index contributed by atoms with van der Waals surface area (Å²) in [5.74, 6) is -0.787. The van der Waals surface area contributed by atoms with Crippen LogP contribution in [-0.2, 0) is 12.7 Å². The van der Waals surface area contributed by atoms with Crippen LogP contribution in [0.4, 0.5) is 13.2 Å². The summed E-state index contributed by atoms with van der Waals surface area (Å²) in [4.78, 5) is 40.8. The van der Waals surface area contributed by atoms with Gasteiger partial charge in [0.2, 0.25) is 5.69 Å². The van der Waals surface area contributed by atoms with Crippen molar-refractivity contribution in [3.05, 3.63) is 90.7 Å². The van der Waals surface area contributed by atoms with Crippen LogP contribution < -0.4 is 16.6 Å². The van der Waals surface area contributed by atoms with Crippen molar-refractivity contribution in [1.82, 2.24) is 24.6 Å². The van der Waals surface area contributed by atoms with Gasteiger partial charge in [0.25, 0.3) is 11.5 Å². The quantitative estimate of drug-likeness (QED) is 0.529. The molecule has 2 aromatic carbocycles. The van der Waals surface area contributed by atoms with Crippen LogP contribution >= 0.6 is 11.6 Å². The summed E-state index contributed by atoms with van der Waals surface area (Å²) < 4.78 is 40.3. The minimum atomic E-state index is -4.53. The zero-order chi connectivity index (χ0) is 25.9. The Balaban J connectivity index is 2.10. The molecule has 0 aliphatic heterocycles. The third-order valence-corrected chi connectivity index (χ3v) is 5.55. The SMILES string of the molecule is Cc1ccc(-n2nc(C(=O)NCCN(C)C)c(=O)n(Cc3ccc(C(F)(F)F)cc3)c2=O)cc1Cl. The number of nitrogens with one attached hydrogen (secondary N) is 1. The van der Waals surface area contributed by atoms with Gasteiger partial charge in [-0.15, -0.1) is 0 Å². The van der Waals surface area contributed by atoms with Crippen LogP contribution in [0.2, 0.25) is 5.02 Å². The Morgan fingerprint density at radius 1 is 1.11 bits per heavy atom. The zero-order valence-electron chi connectivity index (χ0n) is 19.2. The highest BCUT2D eigenvalue weighted by molar-refractivity contribution is 6.31. The van der Waals surface area contributed by atoms with Crippen LogP contribution in [0.3, 0.4) is 0 Å². The largest absolute Gasteiger partial charge is 0.416 e. The summed E-state index contributed by atoms with van der Waals surface area (Å²) in [6.45, 7) is 2.12. The molecule has 12 heteroatoms. The molecule has 8 nitrogen and oxygen atoms in total. The van der Waals surface area contributed by atoms with E-state index in [1.165, 1.54) is 18.2 Å². The number of amides is 1. The lowest BCUT2D eigenvalue weighted by Crippen LogP contribution is -2.46. The van der Waals surface area contributed by atoms with E-state index in [4.69, 9.17) is 11.6 Å². The van der Waals surface area contributed by atoms with Gasteiger partial charge in [-0.1, -0.05) is 29.8 Å². The first-order valence-electron chi connectivity index (χ1n) is 10.5. The maximum atomic E-state index is 13.2. The third-order valence-electron chi connectivity index (χ3n) is 5.14. The first-order valence-corrected chi connectivity index (χ1v) is 10.9. The Morgan fingerprint density at radius 3 is 2.34 bits per heavy atom. The number of halogens is 4. The van der Waals surface area contributed by atoms with Crippen LogP contribution in [-0.4, -0.2) is 52.3 Å². The molecule has 0 saturated carbocycles. The maximum absolute atomic E-state index is 13.2. The van der Waals surface area contributed by atoms with Gasteiger partial charge in [-0.05, 0) is 56.4 Å². The molecule has 3 aromatic rings. The van der Waals surface area contributed by atoms with E-state index >= 15 is 0 Å². The molecule has 0 spiro atoms. The van der Waals surface area contributed by atoms with Gasteiger partial charge in [0.1, 0.15) is 0 Å². The van der Waals surface area contributed by atoms with Crippen LogP contribution in [0.5, 0.6) is 0 Å². The Hall–Kier alpha value is -3.44. The fourth-order valence-electron chi connectivity index (χ4n) is 3.14. The summed E-state index contributed by atoms with van der Waals surface area (Å²) >= 11 is 6.18. The van der Waals surface area contributed by atoms with Gasteiger partial charge in [-0.3, -0.25) is 14.2 Å². The summed E-state index contributed by atoms with van der Waals surface area (Å²) in [5, 5.41) is 6.92. The van der Waals surface area contributed by atoms with Crippen molar-refractivity contribution in [2.24, 2.45) is 0 Å². The van der Waals surface area contributed by atoms with Gasteiger partial charge in [0.05, 0.1) is 17.8 Å². The van der Waals surface area contributed by atoms with E-state index in [1.54, 1.807) is 19.1 Å². The van der Waals surface area contributed by atoms with Gasteiger partial charge in [0, 0.05) is 18.1 Å². The first kappa shape index (κ1) is 26.2. The summed E-state index contributed by atoms with van der Waals surface area (Å²) in [6, 6.07) is 8.71. The molecule has 0 aliphatic carbocycles. The zero-order valence-corrected chi connectivity index (χ0v) is 19.9. The van der Waals surface area contributed by atoms with Crippen LogP contribution in [0.1, 0.15) is 27.2 Å². The highest BCUT2D eigenvalue weighted by atomic mass is 35.5. The highest BCUT2D eigenvalue weighted by Crippen LogP contribution is 2.29. The lowest BCUT2D eigenvalue weighted by molar-refractivity contribution is -0.137. The lowest BCUT2D eigenvalue weighted by atomic mass is 10.1. The maximum Gasteiger partial charge on any atom is 0.416 e. The number of carbonyl (C=O) groups excluding carboxylic acids is 1. The Morgan fingerprint density at radius 2 is 1.77 bits per heavy atom. The molecule has 0 bridgehead atoms. The molecule has 0 fully saturated rings. The molecular formula is C23H23ClF3N5O3. The van der Waals surface area contributed by atoms with Crippen molar-refractivity contribution in [2.75, 3.05) is 27.2 Å². The minimum absolute atomic E-state index is 0.217. The van der Waals surface area contributed by atoms with Crippen molar-refractivity contribution in [3.8, 4) is 5.69 Å². The number of aryl methyl sites for hydroxylation is 1. The van der Waals surface area contributed by atoms with Gasteiger partial charge in [0.15, 0.2) is 0 Å². The fourth-order valence-corrected chi connectivity index (χ4v) is 3.31. The molecule has 186 valence electrons. The van der Waals surface area contributed by atoms with E-state index in [-0.39, 0.29) is 24.3 Å². The van der Waals surface area contributed by atoms with Crippen LogP contribution in [0.15, 0.2) is 52.1 Å². The molecule has 0 saturated heterocycles. The molecule has 35 heavy (non-hydrogen) atoms. The van der Waals surface area contributed by atoms with Crippen molar-refractivity contribution >= 4 is 17.5 Å². The number of hydrogen-bond donors (Lipinski definition) is 1. The minimum Gasteiger partial charge on any atom is -0.349 e. The molecular weight excluding hydrogens is 487 g/mol. The number of likely N-dealkylation sites (N-methyl/N-ethyl adjacent to an activating group) is 1. The van der Waals surface area contributed by atoms with Gasteiger partial charge >= 0.3 is 11.9 Å². The van der Waals surface area contributed by atoms with E-state index in [9.17, 15) is 27.6 Å². The predicted molar refractivity (Wildman–Crippen MR) is 125 cm³/mol. The number of carbonyl (C=O) groups is 1. The normalized spacial score (nSPS) is 11.7. The van der Waals surface area contributed by atoms with E-state index in [1.807, 2.05) is 19.0 Å². The highest BCUT2D eigenvalue weighted by Gasteiger charge is 2.30. The van der Waals surface area contributed by atoms with Crippen molar-refractivity contribution in [2.45, 2.75) is 19.6 Å². The first-order chi connectivity index (χ1) is 16.4. The number of rotatable bonds is 7. The van der Waals surface area contributed by atoms with Crippen molar-refractivity contribution in [3.63, 3.8) is 0 Å². The Labute approximate surface area is 203 Å². The number of nitrogens with zero attached hydrogens (tertiary/aromatic N) is 4. The third kappa shape index (κ3) is 6.17. The summed E-state index contributed by atoms with van der Waals surface area (Å²) in [6.07, 6.45) is -4.53. The van der Waals surface area contributed by atoms with Crippen LogP contribution in [0, 0.1) is 6.92 Å². The van der Waals surface area contributed by atoms with Crippen LogP contribution in [0.25, 0.3) is 5.69 Å². The standard InChI is InChI=1S/C23H23ClF3N5O3/c1-14-4-9-17(12-18(14)24)32-22(35)31(13-15-5-7-16(8-6-15)23(25,26)27)21(34)19(29-32)20(33)28-10-11-30(2)3/h4-9,12H,10-11,13H2,1-3H3,(H,28,33). The summed E-state index contributed by atoms with van der Waals surface area (Å²) in [5.41, 5.74) is -2.03. The molecule has 0 radical (unpaired) electrons. The van der Waals surface area contributed by atoms with Crippen molar-refractivity contribution in [1.29, 1.82) is 0 Å². The lowest BCUT2D eigenvalue weighted by Gasteiger charge is -2.14. The molecule has 1 heterocycles. The van der Waals surface area contributed by atoms with E-state index < -0.39 is 34.6 Å². The number of aromatic nitrogens is 3. The van der Waals surface area contributed by atoms with E-state index in [2.05, 4.69) is 10.4 Å². The van der Waals surface area contributed by atoms with Gasteiger partial charge < -0.3 is 10.2 Å². The van der Waals surface area contributed by atoms with Gasteiger partial charge in [-0.25, -0.2) is 4.79 Å². The predicted octanol–water partition coefficient (Wildman–Crippen LogP) is 2.71. The average molecular weight is 510 g/mol. The number of hydrogen-bond acceptors (Lipinski definition) is 5. The van der Waals surface area contributed by atoms with E-state index in [0.717, 1.165) is 26.9 Å². The van der Waals surface area contributed by atoms with Gasteiger partial charge in [-0.2, -0.15) is 23.0 Å². The second kappa shape index (κ2) is 10.4. The number of benzene rings is 2. The Kier molecular flexibility index (Phi) is 7.81. The topological polar surface area (TPSA) is 89.2 Å². The average Bonchev–Trinajstić information content (AvgIpc) is 2.78. The fraction of sp³-hybridized carbons (Fsp3) is 0.304. The van der Waals surface area contributed by atoms with Crippen molar-refractivity contribution < 1.29 is 18.0 Å². The molecule has 0 atom stereocenters. The monoisotopic (exact) mass is 509 g/mol. The smallest absolute Gasteiger partial charge is 0.349 e. The molecule has 0 unspecified atom stereocenters. The second-order valence-electron chi connectivity index (χ2n) is 8.12. The molecule has 1 aromatic heterocycles. The molecule has 0 aliphatic rings. The Bertz CT molecular complexity index is 1350. The second-order valence-corrected chi connectivity index (χ2v) is 8.53. The molecule has 1 N–H and O–H groups in total. The molecule has 3 rings (SSSR count). The molecule has 1 amide bonds. The summed E-state index contributed by atoms with van der Waals surface area (Å²) in [7, 11) is 3.62. The van der Waals surface area contributed by atoms with E-state index in [0.29, 0.717) is 11.6 Å². The number of alkyl halides is 3.